The van der Waals surface area contributed by atoms with Crippen molar-refractivity contribution < 1.29 is 37.0 Å². The van der Waals surface area contributed by atoms with Crippen LogP contribution in [0, 0.1) is 11.3 Å². The molecule has 0 saturated carbocycles. The molecule has 0 radical (unpaired) electrons. The van der Waals surface area contributed by atoms with Crippen molar-refractivity contribution >= 4 is 11.7 Å². The third kappa shape index (κ3) is 7.35. The summed E-state index contributed by atoms with van der Waals surface area (Å²) in [4.78, 5) is 37.4. The van der Waals surface area contributed by atoms with Crippen LogP contribution in [0.4, 0.5) is 13.2 Å². The Labute approximate surface area is 192 Å². The van der Waals surface area contributed by atoms with Crippen LogP contribution in [0.3, 0.4) is 0 Å². The van der Waals surface area contributed by atoms with E-state index in [-0.39, 0.29) is 34.7 Å². The summed E-state index contributed by atoms with van der Waals surface area (Å²) < 4.78 is 53.4. The minimum absolute atomic E-state index is 0.00630. The predicted molar refractivity (Wildman–Crippen MR) is 113 cm³/mol. The zero-order valence-corrected chi connectivity index (χ0v) is 18.4. The Kier molecular flexibility index (Phi) is 9.20. The van der Waals surface area contributed by atoms with E-state index in [2.05, 4.69) is 0 Å². The zero-order chi connectivity index (χ0) is 25.3. The summed E-state index contributed by atoms with van der Waals surface area (Å²) in [6.07, 6.45) is -2.83. The number of aromatic nitrogens is 1. The van der Waals surface area contributed by atoms with Crippen molar-refractivity contribution in [3.8, 4) is 17.6 Å². The molecule has 0 atom stereocenters. The van der Waals surface area contributed by atoms with E-state index in [0.717, 1.165) is 6.07 Å². The second-order valence-electron chi connectivity index (χ2n) is 6.97. The first-order chi connectivity index (χ1) is 16.1. The quantitative estimate of drug-likeness (QED) is 0.385. The molecule has 0 bridgehead atoms. The Morgan fingerprint density at radius 3 is 2.56 bits per heavy atom. The van der Waals surface area contributed by atoms with Crippen LogP contribution in [-0.2, 0) is 16.1 Å². The smallest absolute Gasteiger partial charge is 0.405 e. The average Bonchev–Trinajstić information content (AvgIpc) is 2.81. The molecule has 2 aromatic rings. The first kappa shape index (κ1) is 26.4. The lowest BCUT2D eigenvalue weighted by Gasteiger charge is -2.14. The van der Waals surface area contributed by atoms with Gasteiger partial charge in [0.2, 0.25) is 0 Å². The standard InChI is InChI=1S/C22H22F3N3O6/c1-32-7-3-6-28-11-15(8-14(10-26)21(28)31)20(30)17-9-16(33-2)4-5-18(17)34-12-19(29)27-13-22(23,24)25/h4-5,8-9,11H,3,6-7,12-13H2,1-2H3,(H,27,29). The number of halogens is 3. The first-order valence-electron chi connectivity index (χ1n) is 9.92. The number of nitrogens with one attached hydrogen (secondary N) is 1. The molecule has 1 aromatic carbocycles. The van der Waals surface area contributed by atoms with Gasteiger partial charge in [-0.2, -0.15) is 18.4 Å². The number of ketones is 1. The maximum atomic E-state index is 13.3. The Hall–Kier alpha value is -3.85. The summed E-state index contributed by atoms with van der Waals surface area (Å²) in [6.45, 7) is -1.74. The van der Waals surface area contributed by atoms with Crippen LogP contribution >= 0.6 is 0 Å². The number of benzene rings is 1. The molecule has 0 aliphatic rings. The summed E-state index contributed by atoms with van der Waals surface area (Å²) in [5.74, 6) is -1.51. The SMILES string of the molecule is COCCCn1cc(C(=O)c2cc(OC)ccc2OCC(=O)NCC(F)(F)F)cc(C#N)c1=O. The van der Waals surface area contributed by atoms with E-state index in [1.54, 1.807) is 11.4 Å². The molecular formula is C22H22F3N3O6. The van der Waals surface area contributed by atoms with Gasteiger partial charge in [0, 0.05) is 32.0 Å². The Bertz CT molecular complexity index is 1140. The summed E-state index contributed by atoms with van der Waals surface area (Å²) in [5.41, 5.74) is -0.902. The minimum Gasteiger partial charge on any atom is -0.497 e. The van der Waals surface area contributed by atoms with Crippen LogP contribution in [0.2, 0.25) is 0 Å². The molecule has 1 aromatic heterocycles. The van der Waals surface area contributed by atoms with Gasteiger partial charge in [-0.15, -0.1) is 0 Å². The summed E-state index contributed by atoms with van der Waals surface area (Å²) in [6, 6.07) is 6.97. The van der Waals surface area contributed by atoms with Gasteiger partial charge in [-0.1, -0.05) is 0 Å². The van der Waals surface area contributed by atoms with Crippen molar-refractivity contribution in [2.45, 2.75) is 19.1 Å². The molecule has 34 heavy (non-hydrogen) atoms. The number of hydrogen-bond acceptors (Lipinski definition) is 7. The number of nitrogens with zero attached hydrogens (tertiary/aromatic N) is 2. The van der Waals surface area contributed by atoms with Crippen LogP contribution in [0.5, 0.6) is 11.5 Å². The third-order valence-corrected chi connectivity index (χ3v) is 4.49. The van der Waals surface area contributed by atoms with Crippen molar-refractivity contribution in [2.75, 3.05) is 34.0 Å². The number of pyridine rings is 1. The largest absolute Gasteiger partial charge is 0.497 e. The number of hydrogen-bond donors (Lipinski definition) is 1. The molecule has 182 valence electrons. The number of ether oxygens (including phenoxy) is 3. The Morgan fingerprint density at radius 2 is 1.94 bits per heavy atom. The van der Waals surface area contributed by atoms with Gasteiger partial charge in [-0.25, -0.2) is 0 Å². The van der Waals surface area contributed by atoms with Gasteiger partial charge < -0.3 is 24.1 Å². The molecule has 1 amide bonds. The molecule has 0 spiro atoms. The van der Waals surface area contributed by atoms with Crippen molar-refractivity contribution in [3.63, 3.8) is 0 Å². The summed E-state index contributed by atoms with van der Waals surface area (Å²) in [5, 5.41) is 11.0. The van der Waals surface area contributed by atoms with Crippen LogP contribution in [0.25, 0.3) is 0 Å². The van der Waals surface area contributed by atoms with Gasteiger partial charge in [0.05, 0.1) is 12.7 Å². The van der Waals surface area contributed by atoms with Crippen LogP contribution in [0.15, 0.2) is 35.3 Å². The Morgan fingerprint density at radius 1 is 1.21 bits per heavy atom. The van der Waals surface area contributed by atoms with Gasteiger partial charge in [0.15, 0.2) is 12.4 Å². The van der Waals surface area contributed by atoms with Gasteiger partial charge >= 0.3 is 6.18 Å². The predicted octanol–water partition coefficient (Wildman–Crippen LogP) is 2.05. The average molecular weight is 481 g/mol. The van der Waals surface area contributed by atoms with Crippen LogP contribution in [0.1, 0.15) is 27.9 Å². The number of carbonyl (C=O) groups excluding carboxylic acids is 2. The zero-order valence-electron chi connectivity index (χ0n) is 18.4. The fourth-order valence-electron chi connectivity index (χ4n) is 2.87. The van der Waals surface area contributed by atoms with Crippen LogP contribution < -0.4 is 20.3 Å². The highest BCUT2D eigenvalue weighted by atomic mass is 19.4. The van der Waals surface area contributed by atoms with Crippen molar-refractivity contribution in [1.82, 2.24) is 9.88 Å². The Balaban J connectivity index is 2.36. The molecule has 0 aliphatic carbocycles. The maximum absolute atomic E-state index is 13.3. The van der Waals surface area contributed by atoms with Crippen molar-refractivity contribution in [2.24, 2.45) is 0 Å². The molecule has 12 heteroatoms. The van der Waals surface area contributed by atoms with E-state index in [4.69, 9.17) is 14.2 Å². The fourth-order valence-corrected chi connectivity index (χ4v) is 2.87. The maximum Gasteiger partial charge on any atom is 0.405 e. The molecular weight excluding hydrogens is 459 g/mol. The minimum atomic E-state index is -4.58. The van der Waals surface area contributed by atoms with Gasteiger partial charge in [0.1, 0.15) is 29.7 Å². The molecule has 1 heterocycles. The van der Waals surface area contributed by atoms with E-state index in [0.29, 0.717) is 13.0 Å². The molecule has 0 unspecified atom stereocenters. The third-order valence-electron chi connectivity index (χ3n) is 4.49. The topological polar surface area (TPSA) is 120 Å². The number of amides is 1. The van der Waals surface area contributed by atoms with E-state index >= 15 is 0 Å². The molecule has 0 saturated heterocycles. The lowest BCUT2D eigenvalue weighted by Crippen LogP contribution is -2.36. The monoisotopic (exact) mass is 481 g/mol. The lowest BCUT2D eigenvalue weighted by molar-refractivity contribution is -0.139. The van der Waals surface area contributed by atoms with Gasteiger partial charge in [-0.3, -0.25) is 14.4 Å². The van der Waals surface area contributed by atoms with E-state index in [1.807, 2.05) is 0 Å². The van der Waals surface area contributed by atoms with Gasteiger partial charge in [-0.05, 0) is 30.7 Å². The number of carbonyl (C=O) groups is 2. The number of alkyl halides is 3. The van der Waals surface area contributed by atoms with Crippen molar-refractivity contribution in [3.05, 3.63) is 57.5 Å². The number of aryl methyl sites for hydroxylation is 1. The van der Waals surface area contributed by atoms with Crippen molar-refractivity contribution in [1.29, 1.82) is 5.26 Å². The summed E-state index contributed by atoms with van der Waals surface area (Å²) >= 11 is 0. The number of methoxy groups -OCH3 is 2. The van der Waals surface area contributed by atoms with Crippen LogP contribution in [-0.4, -0.2) is 56.4 Å². The van der Waals surface area contributed by atoms with E-state index in [9.17, 15) is 32.8 Å². The number of rotatable bonds is 11. The molecule has 2 rings (SSSR count). The molecule has 1 N–H and O–H groups in total. The van der Waals surface area contributed by atoms with Gasteiger partial charge in [0.25, 0.3) is 11.5 Å². The second-order valence-corrected chi connectivity index (χ2v) is 6.97. The molecule has 9 nitrogen and oxygen atoms in total. The highest BCUT2D eigenvalue weighted by molar-refractivity contribution is 6.11. The second kappa shape index (κ2) is 11.9. The fraction of sp³-hybridized carbons (Fsp3) is 0.364. The first-order valence-corrected chi connectivity index (χ1v) is 9.92. The van der Waals surface area contributed by atoms with E-state index in [1.165, 1.54) is 43.2 Å². The highest BCUT2D eigenvalue weighted by Gasteiger charge is 2.28. The van der Waals surface area contributed by atoms with E-state index < -0.39 is 36.6 Å². The number of nitriles is 1. The summed E-state index contributed by atoms with van der Waals surface area (Å²) in [7, 11) is 2.86. The highest BCUT2D eigenvalue weighted by Crippen LogP contribution is 2.27. The lowest BCUT2D eigenvalue weighted by atomic mass is 10.0. The molecule has 0 fully saturated rings. The molecule has 0 aliphatic heterocycles. The normalized spacial score (nSPS) is 10.9.